The number of carbonyl (C=O) groups is 2. The smallest absolute Gasteiger partial charge is 0.416 e. The third-order valence-corrected chi connectivity index (χ3v) is 6.20. The van der Waals surface area contributed by atoms with Crippen molar-refractivity contribution in [3.05, 3.63) is 88.5 Å². The highest BCUT2D eigenvalue weighted by Crippen LogP contribution is 2.48. The minimum atomic E-state index is -4.38. The molecule has 0 saturated carbocycles. The van der Waals surface area contributed by atoms with Crippen LogP contribution in [0.4, 0.5) is 13.2 Å². The van der Waals surface area contributed by atoms with E-state index >= 15 is 0 Å². The highest BCUT2D eigenvalue weighted by molar-refractivity contribution is 5.94. The van der Waals surface area contributed by atoms with Gasteiger partial charge in [0.1, 0.15) is 11.9 Å². The zero-order valence-corrected chi connectivity index (χ0v) is 19.1. The van der Waals surface area contributed by atoms with Gasteiger partial charge in [-0.25, -0.2) is 0 Å². The van der Waals surface area contributed by atoms with Gasteiger partial charge in [-0.1, -0.05) is 31.2 Å². The first-order chi connectivity index (χ1) is 16.5. The Morgan fingerprint density at radius 3 is 2.29 bits per heavy atom. The van der Waals surface area contributed by atoms with Gasteiger partial charge in [-0.2, -0.15) is 13.2 Å². The molecule has 3 aromatic carbocycles. The predicted octanol–water partition coefficient (Wildman–Crippen LogP) is 6.12. The summed E-state index contributed by atoms with van der Waals surface area (Å²) in [5.41, 5.74) is 4.02. The maximum atomic E-state index is 12.9. The molecule has 0 spiro atoms. The highest BCUT2D eigenvalue weighted by Gasteiger charge is 2.33. The fourth-order valence-electron chi connectivity index (χ4n) is 4.27. The van der Waals surface area contributed by atoms with Crippen molar-refractivity contribution in [1.82, 2.24) is 5.32 Å². The number of carboxylic acids is 1. The third kappa shape index (κ3) is 5.16. The normalized spacial score (nSPS) is 16.9. The second kappa shape index (κ2) is 9.44. The number of benzene rings is 3. The number of amides is 1. The zero-order chi connectivity index (χ0) is 25.3. The first kappa shape index (κ1) is 24.3. The quantitative estimate of drug-likeness (QED) is 0.443. The van der Waals surface area contributed by atoms with Gasteiger partial charge >= 0.3 is 12.1 Å². The van der Waals surface area contributed by atoms with Crippen LogP contribution in [0.25, 0.3) is 11.1 Å². The van der Waals surface area contributed by atoms with Crippen LogP contribution in [0, 0.1) is 6.92 Å². The summed E-state index contributed by atoms with van der Waals surface area (Å²) >= 11 is 0. The number of aryl methyl sites for hydroxylation is 1. The number of nitrogens with one attached hydrogen (secondary N) is 1. The Balaban J connectivity index is 1.52. The lowest BCUT2D eigenvalue weighted by atomic mass is 9.89. The average molecular weight is 483 g/mol. The summed E-state index contributed by atoms with van der Waals surface area (Å²) in [6.45, 7) is 3.97. The highest BCUT2D eigenvalue weighted by atomic mass is 19.4. The molecule has 3 aromatic rings. The van der Waals surface area contributed by atoms with Gasteiger partial charge in [0.05, 0.1) is 12.0 Å². The molecule has 0 aliphatic carbocycles. The van der Waals surface area contributed by atoms with Crippen LogP contribution in [0.1, 0.15) is 58.0 Å². The number of fused-ring (bicyclic) bond motifs is 1. The number of hydrogen-bond donors (Lipinski definition) is 2. The van der Waals surface area contributed by atoms with Gasteiger partial charge in [0.15, 0.2) is 0 Å². The Kier molecular flexibility index (Phi) is 6.56. The van der Waals surface area contributed by atoms with E-state index in [0.29, 0.717) is 11.1 Å². The van der Waals surface area contributed by atoms with Crippen LogP contribution in [0.2, 0.25) is 0 Å². The SMILES string of the molecule is Cc1cc2c(cc1-c1ccc(C(F)(F)F)cc1)C(C)C(c1ccc(C(=O)NCCC(=O)O)cc1)O2. The van der Waals surface area contributed by atoms with E-state index in [2.05, 4.69) is 5.32 Å². The average Bonchev–Trinajstić information content (AvgIpc) is 3.13. The molecule has 2 atom stereocenters. The van der Waals surface area contributed by atoms with Gasteiger partial charge < -0.3 is 15.2 Å². The monoisotopic (exact) mass is 483 g/mol. The molecule has 5 nitrogen and oxygen atoms in total. The summed E-state index contributed by atoms with van der Waals surface area (Å²) in [6, 6.07) is 16.0. The van der Waals surface area contributed by atoms with E-state index in [1.54, 1.807) is 12.1 Å². The van der Waals surface area contributed by atoms with Gasteiger partial charge in [0.25, 0.3) is 5.91 Å². The second-order valence-electron chi connectivity index (χ2n) is 8.63. The first-order valence-corrected chi connectivity index (χ1v) is 11.1. The van der Waals surface area contributed by atoms with Gasteiger partial charge in [0, 0.05) is 23.6 Å². The summed E-state index contributed by atoms with van der Waals surface area (Å²) in [5.74, 6) is -0.622. The minimum absolute atomic E-state index is 0.0194. The third-order valence-electron chi connectivity index (χ3n) is 6.20. The summed E-state index contributed by atoms with van der Waals surface area (Å²) in [7, 11) is 0. The van der Waals surface area contributed by atoms with Crippen LogP contribution in [-0.2, 0) is 11.0 Å². The van der Waals surface area contributed by atoms with Crippen molar-refractivity contribution in [3.63, 3.8) is 0 Å². The van der Waals surface area contributed by atoms with Gasteiger partial charge in [-0.05, 0) is 65.6 Å². The number of alkyl halides is 3. The molecule has 0 bridgehead atoms. The lowest BCUT2D eigenvalue weighted by Crippen LogP contribution is -2.26. The molecule has 0 saturated heterocycles. The fourth-order valence-corrected chi connectivity index (χ4v) is 4.27. The van der Waals surface area contributed by atoms with E-state index < -0.39 is 17.7 Å². The predicted molar refractivity (Wildman–Crippen MR) is 124 cm³/mol. The summed E-state index contributed by atoms with van der Waals surface area (Å²) in [4.78, 5) is 22.8. The number of carbonyl (C=O) groups excluding carboxylic acids is 1. The Morgan fingerprint density at radius 2 is 1.69 bits per heavy atom. The van der Waals surface area contributed by atoms with E-state index in [4.69, 9.17) is 9.84 Å². The van der Waals surface area contributed by atoms with Crippen LogP contribution >= 0.6 is 0 Å². The molecule has 1 heterocycles. The first-order valence-electron chi connectivity index (χ1n) is 11.1. The van der Waals surface area contributed by atoms with Crippen molar-refractivity contribution < 1.29 is 32.6 Å². The molecule has 35 heavy (non-hydrogen) atoms. The summed E-state index contributed by atoms with van der Waals surface area (Å²) in [6.07, 6.45) is -4.81. The molecule has 1 aliphatic heterocycles. The molecule has 2 N–H and O–H groups in total. The van der Waals surface area contributed by atoms with E-state index in [1.165, 1.54) is 12.1 Å². The fraction of sp³-hybridized carbons (Fsp3) is 0.259. The molecule has 1 aliphatic rings. The molecule has 0 fully saturated rings. The number of ether oxygens (including phenoxy) is 1. The van der Waals surface area contributed by atoms with E-state index in [0.717, 1.165) is 40.1 Å². The van der Waals surface area contributed by atoms with Crippen molar-refractivity contribution in [2.45, 2.75) is 38.5 Å². The summed E-state index contributed by atoms with van der Waals surface area (Å²) in [5, 5.41) is 11.3. The Morgan fingerprint density at radius 1 is 1.03 bits per heavy atom. The number of hydrogen-bond acceptors (Lipinski definition) is 3. The van der Waals surface area contributed by atoms with Crippen molar-refractivity contribution >= 4 is 11.9 Å². The Hall–Kier alpha value is -3.81. The Bertz CT molecular complexity index is 1250. The maximum absolute atomic E-state index is 12.9. The van der Waals surface area contributed by atoms with Crippen LogP contribution in [-0.4, -0.2) is 23.5 Å². The topological polar surface area (TPSA) is 75.6 Å². The van der Waals surface area contributed by atoms with Crippen LogP contribution < -0.4 is 10.1 Å². The van der Waals surface area contributed by atoms with E-state index in [-0.39, 0.29) is 30.9 Å². The van der Waals surface area contributed by atoms with E-state index in [1.807, 2.05) is 38.1 Å². The maximum Gasteiger partial charge on any atom is 0.416 e. The van der Waals surface area contributed by atoms with Crippen LogP contribution in [0.3, 0.4) is 0 Å². The molecular weight excluding hydrogens is 459 g/mol. The van der Waals surface area contributed by atoms with Crippen molar-refractivity contribution in [3.8, 4) is 16.9 Å². The molecular formula is C27H24F3NO4. The lowest BCUT2D eigenvalue weighted by molar-refractivity contribution is -0.138. The molecule has 2 unspecified atom stereocenters. The van der Waals surface area contributed by atoms with Crippen LogP contribution in [0.15, 0.2) is 60.7 Å². The molecule has 182 valence electrons. The number of halogens is 3. The van der Waals surface area contributed by atoms with Crippen molar-refractivity contribution in [2.24, 2.45) is 0 Å². The minimum Gasteiger partial charge on any atom is -0.485 e. The molecule has 0 radical (unpaired) electrons. The zero-order valence-electron chi connectivity index (χ0n) is 19.1. The molecule has 1 amide bonds. The number of carboxylic acid groups (broad SMARTS) is 1. The molecule has 8 heteroatoms. The second-order valence-corrected chi connectivity index (χ2v) is 8.63. The van der Waals surface area contributed by atoms with Crippen molar-refractivity contribution in [2.75, 3.05) is 6.54 Å². The summed E-state index contributed by atoms with van der Waals surface area (Å²) < 4.78 is 45.0. The Labute approximate surface area is 200 Å². The van der Waals surface area contributed by atoms with E-state index in [9.17, 15) is 22.8 Å². The van der Waals surface area contributed by atoms with Gasteiger partial charge in [0.2, 0.25) is 0 Å². The van der Waals surface area contributed by atoms with Crippen LogP contribution in [0.5, 0.6) is 5.75 Å². The van der Waals surface area contributed by atoms with Crippen molar-refractivity contribution in [1.29, 1.82) is 0 Å². The number of aliphatic carboxylic acids is 1. The van der Waals surface area contributed by atoms with Gasteiger partial charge in [-0.3, -0.25) is 9.59 Å². The van der Waals surface area contributed by atoms with Gasteiger partial charge in [-0.15, -0.1) is 0 Å². The largest absolute Gasteiger partial charge is 0.485 e. The molecule has 4 rings (SSSR count). The molecule has 0 aromatic heterocycles. The number of rotatable bonds is 6. The standard InChI is InChI=1S/C27H24F3NO4/c1-15-13-23-22(14-21(15)17-7-9-20(10-8-17)27(28,29)30)16(2)25(35-23)18-3-5-19(6-4-18)26(34)31-12-11-24(32)33/h3-10,13-14,16,25H,11-12H2,1-2H3,(H,31,34)(H,32,33). The lowest BCUT2D eigenvalue weighted by Gasteiger charge is -2.16.